The number of nitrogens with zero attached hydrogens (tertiary/aromatic N) is 1. The Bertz CT molecular complexity index is 472. The first-order valence-corrected chi connectivity index (χ1v) is 7.23. The van der Waals surface area contributed by atoms with Crippen LogP contribution in [-0.4, -0.2) is 30.2 Å². The van der Waals surface area contributed by atoms with E-state index in [1.165, 1.54) is 5.56 Å². The third-order valence-electron chi connectivity index (χ3n) is 4.56. The van der Waals surface area contributed by atoms with E-state index >= 15 is 0 Å². The fourth-order valence-corrected chi connectivity index (χ4v) is 3.06. The van der Waals surface area contributed by atoms with Crippen LogP contribution >= 0.6 is 0 Å². The third kappa shape index (κ3) is 2.96. The second kappa shape index (κ2) is 5.83. The molecule has 2 atom stereocenters. The summed E-state index contributed by atoms with van der Waals surface area (Å²) in [7, 11) is 2.04. The highest BCUT2D eigenvalue weighted by molar-refractivity contribution is 5.79. The molecule has 0 aliphatic heterocycles. The van der Waals surface area contributed by atoms with Gasteiger partial charge in [-0.3, -0.25) is 4.79 Å². The number of aliphatic carboxylic acids is 1. The highest BCUT2D eigenvalue weighted by Gasteiger charge is 2.45. The molecule has 0 amide bonds. The Morgan fingerprint density at radius 3 is 2.70 bits per heavy atom. The van der Waals surface area contributed by atoms with Gasteiger partial charge < -0.3 is 15.7 Å². The van der Waals surface area contributed by atoms with Gasteiger partial charge in [-0.1, -0.05) is 24.1 Å². The number of hydrogen-bond acceptors (Lipinski definition) is 3. The second-order valence-electron chi connectivity index (χ2n) is 5.98. The quantitative estimate of drug-likeness (QED) is 0.866. The van der Waals surface area contributed by atoms with Gasteiger partial charge in [0.15, 0.2) is 0 Å². The summed E-state index contributed by atoms with van der Waals surface area (Å²) >= 11 is 0. The number of carboxylic acids is 1. The average molecular weight is 276 g/mol. The number of anilines is 1. The second-order valence-corrected chi connectivity index (χ2v) is 5.98. The van der Waals surface area contributed by atoms with Crippen molar-refractivity contribution in [2.24, 2.45) is 11.7 Å². The predicted molar refractivity (Wildman–Crippen MR) is 81.0 cm³/mol. The zero-order chi connectivity index (χ0) is 14.8. The van der Waals surface area contributed by atoms with E-state index in [0.717, 1.165) is 31.5 Å². The van der Waals surface area contributed by atoms with Gasteiger partial charge in [0, 0.05) is 19.3 Å². The predicted octanol–water partition coefficient (Wildman–Crippen LogP) is 2.40. The van der Waals surface area contributed by atoms with E-state index in [4.69, 9.17) is 5.73 Å². The Kier molecular flexibility index (Phi) is 4.33. The average Bonchev–Trinajstić information content (AvgIpc) is 2.79. The van der Waals surface area contributed by atoms with E-state index < -0.39 is 11.5 Å². The van der Waals surface area contributed by atoms with Gasteiger partial charge in [-0.15, -0.1) is 0 Å². The molecule has 3 N–H and O–H groups in total. The molecule has 1 aliphatic rings. The molecule has 0 radical (unpaired) electrons. The lowest BCUT2D eigenvalue weighted by Crippen LogP contribution is -2.51. The molecular weight excluding hydrogens is 252 g/mol. The van der Waals surface area contributed by atoms with Gasteiger partial charge >= 0.3 is 5.97 Å². The lowest BCUT2D eigenvalue weighted by atomic mass is 9.85. The summed E-state index contributed by atoms with van der Waals surface area (Å²) in [5.41, 5.74) is 7.45. The van der Waals surface area contributed by atoms with Crippen molar-refractivity contribution < 1.29 is 9.90 Å². The van der Waals surface area contributed by atoms with Crippen molar-refractivity contribution in [1.29, 1.82) is 0 Å². The highest BCUT2D eigenvalue weighted by atomic mass is 16.4. The smallest absolute Gasteiger partial charge is 0.323 e. The van der Waals surface area contributed by atoms with E-state index in [2.05, 4.69) is 36.1 Å². The normalized spacial score (nSPS) is 25.6. The molecule has 110 valence electrons. The monoisotopic (exact) mass is 276 g/mol. The van der Waals surface area contributed by atoms with Crippen LogP contribution in [0.5, 0.6) is 0 Å². The summed E-state index contributed by atoms with van der Waals surface area (Å²) in [6, 6.07) is 8.37. The topological polar surface area (TPSA) is 66.6 Å². The van der Waals surface area contributed by atoms with Crippen molar-refractivity contribution in [3.05, 3.63) is 29.8 Å². The van der Waals surface area contributed by atoms with Gasteiger partial charge in [0.05, 0.1) is 0 Å². The maximum Gasteiger partial charge on any atom is 0.323 e. The Morgan fingerprint density at radius 1 is 1.45 bits per heavy atom. The zero-order valence-electron chi connectivity index (χ0n) is 12.3. The first-order chi connectivity index (χ1) is 9.43. The largest absolute Gasteiger partial charge is 0.480 e. The molecule has 0 saturated heterocycles. The molecule has 2 rings (SSSR count). The molecule has 0 bridgehead atoms. The van der Waals surface area contributed by atoms with Crippen LogP contribution in [0.25, 0.3) is 0 Å². The van der Waals surface area contributed by atoms with Gasteiger partial charge in [-0.2, -0.15) is 0 Å². The molecule has 2 unspecified atom stereocenters. The minimum absolute atomic E-state index is 0.0768. The molecule has 20 heavy (non-hydrogen) atoms. The Morgan fingerprint density at radius 2 is 2.10 bits per heavy atom. The van der Waals surface area contributed by atoms with Crippen LogP contribution in [0, 0.1) is 12.8 Å². The van der Waals surface area contributed by atoms with Crippen molar-refractivity contribution in [3.63, 3.8) is 0 Å². The molecule has 0 spiro atoms. The Hall–Kier alpha value is -1.55. The van der Waals surface area contributed by atoms with Crippen molar-refractivity contribution >= 4 is 11.7 Å². The molecule has 0 aromatic heterocycles. The first-order valence-electron chi connectivity index (χ1n) is 7.23. The summed E-state index contributed by atoms with van der Waals surface area (Å²) in [6.45, 7) is 2.90. The van der Waals surface area contributed by atoms with Crippen LogP contribution in [0.2, 0.25) is 0 Å². The van der Waals surface area contributed by atoms with Crippen molar-refractivity contribution in [3.8, 4) is 0 Å². The van der Waals surface area contributed by atoms with Crippen molar-refractivity contribution in [1.82, 2.24) is 0 Å². The molecule has 1 aliphatic carbocycles. The summed E-state index contributed by atoms with van der Waals surface area (Å²) in [5.74, 6) is -0.772. The minimum Gasteiger partial charge on any atom is -0.480 e. The number of carboxylic acid groups (broad SMARTS) is 1. The summed E-state index contributed by atoms with van der Waals surface area (Å²) in [6.07, 6.45) is 3.26. The zero-order valence-corrected chi connectivity index (χ0v) is 12.3. The lowest BCUT2D eigenvalue weighted by molar-refractivity contribution is -0.144. The van der Waals surface area contributed by atoms with Crippen LogP contribution < -0.4 is 10.6 Å². The van der Waals surface area contributed by atoms with Crippen LogP contribution in [0.3, 0.4) is 0 Å². The number of nitrogens with two attached hydrogens (primary N) is 1. The lowest BCUT2D eigenvalue weighted by Gasteiger charge is -2.29. The summed E-state index contributed by atoms with van der Waals surface area (Å²) in [4.78, 5) is 13.5. The van der Waals surface area contributed by atoms with Crippen LogP contribution in [0.15, 0.2) is 24.3 Å². The standard InChI is InChI=1S/C16H24N2O2/c1-12-5-7-14(8-6-12)18(2)11-9-13-4-3-10-16(13,17)15(19)20/h5-8,13H,3-4,9-11,17H2,1-2H3,(H,19,20). The number of benzene rings is 1. The molecular formula is C16H24N2O2. The number of carbonyl (C=O) groups is 1. The maximum absolute atomic E-state index is 11.3. The molecule has 1 saturated carbocycles. The van der Waals surface area contributed by atoms with Crippen LogP contribution in [0.4, 0.5) is 5.69 Å². The Labute approximate surface area is 120 Å². The molecule has 4 heteroatoms. The van der Waals surface area contributed by atoms with Gasteiger partial charge in [0.2, 0.25) is 0 Å². The molecule has 4 nitrogen and oxygen atoms in total. The summed E-state index contributed by atoms with van der Waals surface area (Å²) < 4.78 is 0. The van der Waals surface area contributed by atoms with Crippen LogP contribution in [0.1, 0.15) is 31.2 Å². The molecule has 1 aromatic rings. The van der Waals surface area contributed by atoms with Gasteiger partial charge in [-0.25, -0.2) is 0 Å². The van der Waals surface area contributed by atoms with Crippen molar-refractivity contribution in [2.75, 3.05) is 18.5 Å². The summed E-state index contributed by atoms with van der Waals surface area (Å²) in [5, 5.41) is 9.32. The molecule has 0 heterocycles. The molecule has 1 fully saturated rings. The van der Waals surface area contributed by atoms with E-state index in [-0.39, 0.29) is 5.92 Å². The SMILES string of the molecule is Cc1ccc(N(C)CCC2CCCC2(N)C(=O)O)cc1. The first kappa shape index (κ1) is 14.9. The number of aryl methyl sites for hydroxylation is 1. The fourth-order valence-electron chi connectivity index (χ4n) is 3.06. The van der Waals surface area contributed by atoms with Gasteiger partial charge in [0.25, 0.3) is 0 Å². The molecule has 1 aromatic carbocycles. The van der Waals surface area contributed by atoms with E-state index in [0.29, 0.717) is 6.42 Å². The maximum atomic E-state index is 11.3. The fraction of sp³-hybridized carbons (Fsp3) is 0.562. The van der Waals surface area contributed by atoms with Gasteiger partial charge in [-0.05, 0) is 44.2 Å². The minimum atomic E-state index is -1.02. The van der Waals surface area contributed by atoms with Crippen LogP contribution in [-0.2, 0) is 4.79 Å². The Balaban J connectivity index is 1.95. The third-order valence-corrected chi connectivity index (χ3v) is 4.56. The van der Waals surface area contributed by atoms with E-state index in [1.54, 1.807) is 0 Å². The van der Waals surface area contributed by atoms with E-state index in [9.17, 15) is 9.90 Å². The number of hydrogen-bond donors (Lipinski definition) is 2. The van der Waals surface area contributed by atoms with Gasteiger partial charge in [0.1, 0.15) is 5.54 Å². The van der Waals surface area contributed by atoms with E-state index in [1.807, 2.05) is 7.05 Å². The number of rotatable bonds is 5. The van der Waals surface area contributed by atoms with Crippen molar-refractivity contribution in [2.45, 2.75) is 38.1 Å². The highest BCUT2D eigenvalue weighted by Crippen LogP contribution is 2.36.